The number of nitrogens with one attached hydrogen (secondary N) is 2. The number of amides is 1. The molecule has 0 saturated heterocycles. The van der Waals surface area contributed by atoms with Gasteiger partial charge < -0.3 is 5.32 Å². The predicted octanol–water partition coefficient (Wildman–Crippen LogP) is 5.45. The fraction of sp³-hybridized carbons (Fsp3) is 0.286. The molecular formula is C21H17F6N5OS. The number of hydrogen-bond donors (Lipinski definition) is 2. The first-order chi connectivity index (χ1) is 16.0. The van der Waals surface area contributed by atoms with Crippen molar-refractivity contribution in [1.82, 2.24) is 15.2 Å². The minimum absolute atomic E-state index is 0.210. The lowest BCUT2D eigenvalue weighted by Gasteiger charge is -2.37. The number of alkyl halides is 5. The Morgan fingerprint density at radius 1 is 1.24 bits per heavy atom. The maximum atomic E-state index is 14.5. The van der Waals surface area contributed by atoms with Crippen LogP contribution in [0.2, 0.25) is 0 Å². The van der Waals surface area contributed by atoms with E-state index >= 15 is 0 Å². The van der Waals surface area contributed by atoms with Crippen molar-refractivity contribution in [3.63, 3.8) is 0 Å². The summed E-state index contributed by atoms with van der Waals surface area (Å²) >= 11 is 1.38. The molecule has 6 nitrogen and oxygen atoms in total. The molecule has 3 aromatic rings. The van der Waals surface area contributed by atoms with E-state index in [4.69, 9.17) is 0 Å². The Bertz CT molecular complexity index is 1220. The number of benzene rings is 1. The highest BCUT2D eigenvalue weighted by atomic mass is 32.1. The maximum Gasteiger partial charge on any atom is 0.455 e. The second-order valence-corrected chi connectivity index (χ2v) is 8.59. The van der Waals surface area contributed by atoms with Gasteiger partial charge in [0.15, 0.2) is 5.69 Å². The van der Waals surface area contributed by atoms with Crippen LogP contribution in [0.3, 0.4) is 0 Å². The molecule has 0 aliphatic carbocycles. The fourth-order valence-electron chi connectivity index (χ4n) is 3.54. The van der Waals surface area contributed by atoms with Crippen LogP contribution in [-0.4, -0.2) is 34.0 Å². The highest BCUT2D eigenvalue weighted by Gasteiger charge is 2.64. The standard InChI is InChI=1S/C21H17F6N5OS/c1-11-6-7-34-16(11)10-28-30-19(33)15-9-18-29-14(12-2-4-13(22)5-3-12)8-17(32(18)31-15)20(23,24)21(25,26)27/h2-7,9-10,14,17,29H,8H2,1H3,(H,30,33)/b28-10-/t14-,17+/m0/s1. The van der Waals surface area contributed by atoms with E-state index in [9.17, 15) is 31.1 Å². The molecule has 1 aromatic carbocycles. The van der Waals surface area contributed by atoms with E-state index in [0.717, 1.165) is 28.6 Å². The summed E-state index contributed by atoms with van der Waals surface area (Å²) in [6, 6.07) is 4.21. The first-order valence-electron chi connectivity index (χ1n) is 9.91. The Hall–Kier alpha value is -3.35. The van der Waals surface area contributed by atoms with Crippen molar-refractivity contribution in [3.05, 3.63) is 69.3 Å². The lowest BCUT2D eigenvalue weighted by Crippen LogP contribution is -2.47. The topological polar surface area (TPSA) is 71.3 Å². The molecule has 0 unspecified atom stereocenters. The number of hydrazone groups is 1. The number of hydrogen-bond acceptors (Lipinski definition) is 5. The highest BCUT2D eigenvalue weighted by molar-refractivity contribution is 7.11. The predicted molar refractivity (Wildman–Crippen MR) is 114 cm³/mol. The number of fused-ring (bicyclic) bond motifs is 1. The van der Waals surface area contributed by atoms with Gasteiger partial charge in [-0.3, -0.25) is 4.79 Å². The minimum Gasteiger partial charge on any atom is -0.363 e. The summed E-state index contributed by atoms with van der Waals surface area (Å²) in [6.07, 6.45) is -5.17. The first kappa shape index (κ1) is 23.8. The SMILES string of the molecule is Cc1ccsc1/C=N\NC(=O)c1cc2n(n1)[C@@H](C(F)(F)C(F)(F)F)C[C@@H](c1ccc(F)cc1)N2. The number of rotatable bonds is 5. The number of nitrogens with zero attached hydrogens (tertiary/aromatic N) is 3. The molecule has 2 N–H and O–H groups in total. The fourth-order valence-corrected chi connectivity index (χ4v) is 4.33. The summed E-state index contributed by atoms with van der Waals surface area (Å²) < 4.78 is 82.4. The molecule has 3 heterocycles. The van der Waals surface area contributed by atoms with E-state index in [-0.39, 0.29) is 5.82 Å². The van der Waals surface area contributed by atoms with Crippen LogP contribution in [0.5, 0.6) is 0 Å². The van der Waals surface area contributed by atoms with Crippen LogP contribution >= 0.6 is 11.3 Å². The van der Waals surface area contributed by atoms with Crippen molar-refractivity contribution >= 4 is 29.3 Å². The minimum atomic E-state index is -5.85. The lowest BCUT2D eigenvalue weighted by atomic mass is 9.93. The zero-order valence-electron chi connectivity index (χ0n) is 17.4. The second-order valence-electron chi connectivity index (χ2n) is 7.65. The van der Waals surface area contributed by atoms with Crippen LogP contribution in [-0.2, 0) is 0 Å². The molecule has 1 aliphatic heterocycles. The van der Waals surface area contributed by atoms with Gasteiger partial charge in [-0.15, -0.1) is 11.3 Å². The molecule has 0 spiro atoms. The summed E-state index contributed by atoms with van der Waals surface area (Å²) in [4.78, 5) is 13.2. The number of carbonyl (C=O) groups excluding carboxylic acids is 1. The number of anilines is 1. The first-order valence-corrected chi connectivity index (χ1v) is 10.8. The van der Waals surface area contributed by atoms with Gasteiger partial charge in [-0.2, -0.15) is 32.2 Å². The van der Waals surface area contributed by atoms with Gasteiger partial charge in [0.25, 0.3) is 5.91 Å². The molecule has 2 aromatic heterocycles. The summed E-state index contributed by atoms with van der Waals surface area (Å²) in [5.41, 5.74) is 3.02. The highest BCUT2D eigenvalue weighted by Crippen LogP contribution is 2.50. The van der Waals surface area contributed by atoms with E-state index in [1.165, 1.54) is 29.7 Å². The smallest absolute Gasteiger partial charge is 0.363 e. The van der Waals surface area contributed by atoms with Crippen molar-refractivity contribution in [2.24, 2.45) is 5.10 Å². The Labute approximate surface area is 193 Å². The molecule has 34 heavy (non-hydrogen) atoms. The molecule has 1 amide bonds. The molecule has 1 aliphatic rings. The van der Waals surface area contributed by atoms with Crippen molar-refractivity contribution in [1.29, 1.82) is 0 Å². The average molecular weight is 501 g/mol. The van der Waals surface area contributed by atoms with Crippen LogP contribution in [0.15, 0.2) is 46.9 Å². The van der Waals surface area contributed by atoms with Crippen LogP contribution in [0.1, 0.15) is 45.0 Å². The van der Waals surface area contributed by atoms with Gasteiger partial charge in [-0.1, -0.05) is 12.1 Å². The Morgan fingerprint density at radius 3 is 2.56 bits per heavy atom. The van der Waals surface area contributed by atoms with Crippen LogP contribution in [0.25, 0.3) is 0 Å². The number of halogens is 6. The molecule has 0 saturated carbocycles. The third kappa shape index (κ3) is 4.52. The molecule has 4 rings (SSSR count). The number of thiophene rings is 1. The van der Waals surface area contributed by atoms with Crippen LogP contribution < -0.4 is 10.7 Å². The van der Waals surface area contributed by atoms with Crippen molar-refractivity contribution in [2.75, 3.05) is 5.32 Å². The van der Waals surface area contributed by atoms with Crippen LogP contribution in [0, 0.1) is 12.7 Å². The van der Waals surface area contributed by atoms with Gasteiger partial charge in [-0.05, 0) is 41.6 Å². The monoisotopic (exact) mass is 501 g/mol. The van der Waals surface area contributed by atoms with Crippen molar-refractivity contribution in [3.8, 4) is 0 Å². The summed E-state index contributed by atoms with van der Waals surface area (Å²) in [6.45, 7) is 1.84. The quantitative estimate of drug-likeness (QED) is 0.278. The normalized spacial score (nSPS) is 18.6. The third-order valence-corrected chi connectivity index (χ3v) is 6.32. The summed E-state index contributed by atoms with van der Waals surface area (Å²) in [5, 5.41) is 12.1. The Balaban J connectivity index is 1.64. The lowest BCUT2D eigenvalue weighted by molar-refractivity contribution is -0.301. The van der Waals surface area contributed by atoms with Gasteiger partial charge >= 0.3 is 12.1 Å². The molecule has 13 heteroatoms. The van der Waals surface area contributed by atoms with E-state index in [2.05, 4.69) is 20.9 Å². The summed E-state index contributed by atoms with van der Waals surface area (Å²) in [5.74, 6) is -6.82. The van der Waals surface area contributed by atoms with Crippen molar-refractivity contribution < 1.29 is 31.1 Å². The van der Waals surface area contributed by atoms with E-state index < -0.39 is 48.0 Å². The van der Waals surface area contributed by atoms with E-state index in [1.54, 1.807) is 0 Å². The van der Waals surface area contributed by atoms with Gasteiger partial charge in [0.1, 0.15) is 17.7 Å². The van der Waals surface area contributed by atoms with Gasteiger partial charge in [0.05, 0.1) is 12.3 Å². The number of aromatic nitrogens is 2. The van der Waals surface area contributed by atoms with Gasteiger partial charge in [0, 0.05) is 17.4 Å². The molecule has 2 atom stereocenters. The zero-order valence-corrected chi connectivity index (χ0v) is 18.2. The molecule has 180 valence electrons. The third-order valence-electron chi connectivity index (χ3n) is 5.36. The van der Waals surface area contributed by atoms with Crippen LogP contribution in [0.4, 0.5) is 32.2 Å². The zero-order chi connectivity index (χ0) is 24.7. The largest absolute Gasteiger partial charge is 0.455 e. The number of aryl methyl sites for hydroxylation is 1. The number of carbonyl (C=O) groups is 1. The average Bonchev–Trinajstić information content (AvgIpc) is 3.38. The van der Waals surface area contributed by atoms with Crippen molar-refractivity contribution in [2.45, 2.75) is 37.5 Å². The van der Waals surface area contributed by atoms with E-state index in [0.29, 0.717) is 10.2 Å². The van der Waals surface area contributed by atoms with Gasteiger partial charge in [-0.25, -0.2) is 14.5 Å². The molecule has 0 bridgehead atoms. The maximum absolute atomic E-state index is 14.5. The Kier molecular flexibility index (Phi) is 6.14. The van der Waals surface area contributed by atoms with E-state index in [1.807, 2.05) is 18.4 Å². The second kappa shape index (κ2) is 8.78. The van der Waals surface area contributed by atoms with Gasteiger partial charge in [0.2, 0.25) is 0 Å². The molecular weight excluding hydrogens is 484 g/mol. The Morgan fingerprint density at radius 2 is 1.94 bits per heavy atom. The summed E-state index contributed by atoms with van der Waals surface area (Å²) in [7, 11) is 0. The molecule has 0 radical (unpaired) electrons. The molecule has 0 fully saturated rings.